The van der Waals surface area contributed by atoms with Crippen molar-refractivity contribution in [2.45, 2.75) is 213 Å². The highest BCUT2D eigenvalue weighted by Gasteiger charge is 2.24. The molecule has 8 nitrogen and oxygen atoms in total. The Labute approximate surface area is 362 Å². The Morgan fingerprint density at radius 2 is 0.864 bits per heavy atom. The van der Waals surface area contributed by atoms with Gasteiger partial charge in [-0.1, -0.05) is 183 Å². The maximum absolute atomic E-state index is 12.5. The lowest BCUT2D eigenvalue weighted by Gasteiger charge is -2.19. The Hall–Kier alpha value is -2.51. The Morgan fingerprint density at radius 3 is 1.29 bits per heavy atom. The van der Waals surface area contributed by atoms with Crippen molar-refractivity contribution in [3.8, 4) is 0 Å². The maximum atomic E-state index is 12.5. The highest BCUT2D eigenvalue weighted by molar-refractivity contribution is 7.47. The van der Waals surface area contributed by atoms with Crippen LogP contribution in [0.3, 0.4) is 0 Å². The van der Waals surface area contributed by atoms with Gasteiger partial charge < -0.3 is 14.4 Å². The largest absolute Gasteiger partial charge is 0.472 e. The van der Waals surface area contributed by atoms with Crippen molar-refractivity contribution in [2.24, 2.45) is 0 Å². The Kier molecular flexibility index (Phi) is 43.1. The minimum Gasteiger partial charge on any atom is -0.462 e. The van der Waals surface area contributed by atoms with E-state index in [1.54, 1.807) is 0 Å². The first-order valence-electron chi connectivity index (χ1n) is 23.6. The van der Waals surface area contributed by atoms with E-state index in [4.69, 9.17) is 14.0 Å². The summed E-state index contributed by atoms with van der Waals surface area (Å²) >= 11 is 0. The molecule has 0 aromatic rings. The van der Waals surface area contributed by atoms with Gasteiger partial charge in [0.1, 0.15) is 6.61 Å². The lowest BCUT2D eigenvalue weighted by atomic mass is 10.1. The molecule has 0 fully saturated rings. The van der Waals surface area contributed by atoms with Gasteiger partial charge in [0.15, 0.2) is 6.10 Å². The summed E-state index contributed by atoms with van der Waals surface area (Å²) in [7, 11) is -3.22. The molecule has 0 aromatic heterocycles. The van der Waals surface area contributed by atoms with Crippen molar-refractivity contribution in [1.29, 1.82) is 0 Å². The molecule has 0 spiro atoms. The fourth-order valence-electron chi connectivity index (χ4n) is 6.33. The van der Waals surface area contributed by atoms with Crippen molar-refractivity contribution in [3.63, 3.8) is 0 Å². The van der Waals surface area contributed by atoms with Crippen LogP contribution in [-0.4, -0.2) is 43.3 Å². The molecule has 0 aliphatic rings. The van der Waals surface area contributed by atoms with E-state index in [-0.39, 0.29) is 25.4 Å². The summed E-state index contributed by atoms with van der Waals surface area (Å²) in [5, 5.41) is 0. The normalized spacial score (nSPS) is 13.9. The molecule has 2 unspecified atom stereocenters. The monoisotopic (exact) mass is 847 g/mol. The van der Waals surface area contributed by atoms with Crippen molar-refractivity contribution in [3.05, 3.63) is 72.9 Å². The SMILES string of the molecule is CC/C=C\C/C=C\C/C=C\C/C=C\CCCCCCCCC(=O)OC(COC(=O)CCCCCCCCCCC/C=C\C/C=C\CCCCCCC)COP(=O)(O)OC. The molecule has 0 aliphatic carbocycles. The second-order valence-electron chi connectivity index (χ2n) is 15.5. The van der Waals surface area contributed by atoms with Crippen LogP contribution in [0.15, 0.2) is 72.9 Å². The molecule has 0 saturated carbocycles. The molecule has 1 N–H and O–H groups in total. The van der Waals surface area contributed by atoms with E-state index in [2.05, 4.69) is 91.3 Å². The number of esters is 2. The number of phosphoric acid groups is 1. The van der Waals surface area contributed by atoms with E-state index in [1.165, 1.54) is 83.5 Å². The molecule has 0 rings (SSSR count). The van der Waals surface area contributed by atoms with Crippen molar-refractivity contribution in [1.82, 2.24) is 0 Å². The quantitative estimate of drug-likeness (QED) is 0.0280. The van der Waals surface area contributed by atoms with Gasteiger partial charge in [0.2, 0.25) is 0 Å². The van der Waals surface area contributed by atoms with E-state index in [0.29, 0.717) is 6.42 Å². The van der Waals surface area contributed by atoms with Crippen LogP contribution in [0, 0.1) is 0 Å². The first kappa shape index (κ1) is 56.5. The third-order valence-corrected chi connectivity index (χ3v) is 10.9. The van der Waals surface area contributed by atoms with E-state index in [1.807, 2.05) is 0 Å². The van der Waals surface area contributed by atoms with Crippen LogP contribution in [0.5, 0.6) is 0 Å². The predicted octanol–water partition coefficient (Wildman–Crippen LogP) is 15.3. The highest BCUT2D eigenvalue weighted by atomic mass is 31.2. The van der Waals surface area contributed by atoms with Crippen LogP contribution < -0.4 is 0 Å². The molecule has 2 atom stereocenters. The molecule has 59 heavy (non-hydrogen) atoms. The first-order valence-corrected chi connectivity index (χ1v) is 25.1. The lowest BCUT2D eigenvalue weighted by molar-refractivity contribution is -0.161. The minimum absolute atomic E-state index is 0.224. The highest BCUT2D eigenvalue weighted by Crippen LogP contribution is 2.42. The summed E-state index contributed by atoms with van der Waals surface area (Å²) in [5.74, 6) is -0.826. The third-order valence-electron chi connectivity index (χ3n) is 9.93. The molecule has 0 heterocycles. The number of hydrogen-bond donors (Lipinski definition) is 1. The van der Waals surface area contributed by atoms with E-state index < -0.39 is 26.5 Å². The van der Waals surface area contributed by atoms with E-state index in [0.717, 1.165) is 97.0 Å². The average Bonchev–Trinajstić information content (AvgIpc) is 3.23. The molecule has 0 radical (unpaired) electrons. The standard InChI is InChI=1S/C50H87O8P/c1-4-6-8-10-12-14-16-18-20-22-24-25-27-28-30-32-34-36-38-40-42-44-49(51)56-46-48(47-57-59(53,54)55-3)58-50(52)45-43-41-39-37-35-33-31-29-26-23-21-19-17-15-13-11-9-7-5-2/h7,9,13,15-16,18-19,21-22,24,26,29,48H,4-6,8,10-12,14,17,20,23,25,27-28,30-47H2,1-3H3,(H,53,54)/b9-7-,15-13-,18-16-,21-19-,24-22-,29-26-. The van der Waals surface area contributed by atoms with Gasteiger partial charge in [-0.2, -0.15) is 0 Å². The van der Waals surface area contributed by atoms with Crippen molar-refractivity contribution in [2.75, 3.05) is 20.3 Å². The first-order chi connectivity index (χ1) is 28.8. The van der Waals surface area contributed by atoms with Gasteiger partial charge in [0.05, 0.1) is 6.61 Å². The fraction of sp³-hybridized carbons (Fsp3) is 0.720. The number of unbranched alkanes of at least 4 members (excludes halogenated alkanes) is 20. The second-order valence-corrected chi connectivity index (χ2v) is 17.1. The number of ether oxygens (including phenoxy) is 2. The summed E-state index contributed by atoms with van der Waals surface area (Å²) < 4.78 is 32.1. The van der Waals surface area contributed by atoms with Crippen LogP contribution in [0.1, 0.15) is 206 Å². The predicted molar refractivity (Wildman–Crippen MR) is 248 cm³/mol. The van der Waals surface area contributed by atoms with Crippen molar-refractivity contribution < 1.29 is 37.6 Å². The number of carbonyl (C=O) groups is 2. The molecule has 340 valence electrons. The molecule has 0 aliphatic heterocycles. The number of phosphoric ester groups is 1. The number of hydrogen-bond acceptors (Lipinski definition) is 7. The van der Waals surface area contributed by atoms with Gasteiger partial charge in [-0.3, -0.25) is 18.6 Å². The Bertz CT molecular complexity index is 1190. The fourth-order valence-corrected chi connectivity index (χ4v) is 6.79. The van der Waals surface area contributed by atoms with Crippen LogP contribution >= 0.6 is 7.82 Å². The van der Waals surface area contributed by atoms with Gasteiger partial charge in [-0.15, -0.1) is 0 Å². The number of rotatable bonds is 43. The molecular formula is C50H87O8P. The maximum Gasteiger partial charge on any atom is 0.472 e. The Morgan fingerprint density at radius 1 is 0.492 bits per heavy atom. The van der Waals surface area contributed by atoms with Gasteiger partial charge >= 0.3 is 19.8 Å². The topological polar surface area (TPSA) is 108 Å². The molecule has 0 saturated heterocycles. The molecule has 9 heteroatoms. The Balaban J connectivity index is 3.99. The second kappa shape index (κ2) is 45.0. The van der Waals surface area contributed by atoms with Crippen LogP contribution in [0.25, 0.3) is 0 Å². The summed E-state index contributed by atoms with van der Waals surface area (Å²) in [4.78, 5) is 34.6. The van der Waals surface area contributed by atoms with Crippen LogP contribution in [-0.2, 0) is 32.7 Å². The zero-order valence-corrected chi connectivity index (χ0v) is 38.8. The van der Waals surface area contributed by atoms with E-state index in [9.17, 15) is 19.0 Å². The van der Waals surface area contributed by atoms with Gasteiger partial charge in [0.25, 0.3) is 0 Å². The lowest BCUT2D eigenvalue weighted by Crippen LogP contribution is -2.29. The minimum atomic E-state index is -4.27. The van der Waals surface area contributed by atoms with Gasteiger partial charge in [0, 0.05) is 20.0 Å². The smallest absolute Gasteiger partial charge is 0.462 e. The van der Waals surface area contributed by atoms with Crippen LogP contribution in [0.4, 0.5) is 0 Å². The summed E-state index contributed by atoms with van der Waals surface area (Å²) in [5.41, 5.74) is 0. The molecule has 0 aromatic carbocycles. The number of carbonyl (C=O) groups excluding carboxylic acids is 2. The summed E-state index contributed by atoms with van der Waals surface area (Å²) in [6, 6.07) is 0. The summed E-state index contributed by atoms with van der Waals surface area (Å²) in [6.07, 6.45) is 58.1. The van der Waals surface area contributed by atoms with Crippen LogP contribution in [0.2, 0.25) is 0 Å². The summed E-state index contributed by atoms with van der Waals surface area (Å²) in [6.45, 7) is 3.76. The van der Waals surface area contributed by atoms with Gasteiger partial charge in [-0.05, 0) is 83.5 Å². The molecule has 0 amide bonds. The average molecular weight is 847 g/mol. The zero-order chi connectivity index (χ0) is 43.2. The third kappa shape index (κ3) is 44.9. The molecular weight excluding hydrogens is 760 g/mol. The van der Waals surface area contributed by atoms with Crippen molar-refractivity contribution >= 4 is 19.8 Å². The van der Waals surface area contributed by atoms with E-state index >= 15 is 0 Å². The molecule has 0 bridgehead atoms. The zero-order valence-electron chi connectivity index (χ0n) is 37.9. The number of allylic oxidation sites excluding steroid dienone is 12. The van der Waals surface area contributed by atoms with Gasteiger partial charge in [-0.25, -0.2) is 4.57 Å².